The van der Waals surface area contributed by atoms with E-state index in [1.165, 1.54) is 4.57 Å². The van der Waals surface area contributed by atoms with E-state index in [2.05, 4.69) is 22.1 Å². The highest BCUT2D eigenvalue weighted by Gasteiger charge is 2.33. The zero-order chi connectivity index (χ0) is 18.0. The summed E-state index contributed by atoms with van der Waals surface area (Å²) in [5.41, 5.74) is -1.12. The van der Waals surface area contributed by atoms with Gasteiger partial charge in [0.25, 0.3) is 5.56 Å². The van der Waals surface area contributed by atoms with Crippen molar-refractivity contribution in [3.63, 3.8) is 0 Å². The average molecular weight is 346 g/mol. The van der Waals surface area contributed by atoms with Gasteiger partial charge >= 0.3 is 5.69 Å². The molecule has 7 heteroatoms. The lowest BCUT2D eigenvalue weighted by atomic mass is 9.93. The summed E-state index contributed by atoms with van der Waals surface area (Å²) < 4.78 is 2.81. The number of hydrogen-bond donors (Lipinski definition) is 2. The first kappa shape index (κ1) is 17.7. The number of aliphatic hydroxyl groups is 1. The molecule has 2 aromatic heterocycles. The first-order valence-corrected chi connectivity index (χ1v) is 9.13. The Morgan fingerprint density at radius 2 is 1.72 bits per heavy atom. The normalized spacial score (nSPS) is 17.1. The van der Waals surface area contributed by atoms with E-state index in [0.29, 0.717) is 49.3 Å². The van der Waals surface area contributed by atoms with Crippen molar-refractivity contribution < 1.29 is 5.11 Å². The SMILES string of the molecule is CCCn1c(=O)c2[nH]c(C3(O)CCC=CCC3)nc2n(CCC)c1=O. The first-order chi connectivity index (χ1) is 12.0. The molecule has 25 heavy (non-hydrogen) atoms. The molecule has 1 aliphatic carbocycles. The molecule has 0 atom stereocenters. The van der Waals surface area contributed by atoms with Gasteiger partial charge in [-0.2, -0.15) is 0 Å². The van der Waals surface area contributed by atoms with E-state index >= 15 is 0 Å². The highest BCUT2D eigenvalue weighted by atomic mass is 16.3. The molecule has 3 rings (SSSR count). The van der Waals surface area contributed by atoms with Gasteiger partial charge in [0, 0.05) is 13.1 Å². The lowest BCUT2D eigenvalue weighted by Crippen LogP contribution is -2.40. The number of rotatable bonds is 5. The fourth-order valence-corrected chi connectivity index (χ4v) is 3.47. The van der Waals surface area contributed by atoms with Gasteiger partial charge in [0.05, 0.1) is 0 Å². The van der Waals surface area contributed by atoms with Gasteiger partial charge in [0.15, 0.2) is 5.65 Å². The number of hydrogen-bond acceptors (Lipinski definition) is 4. The number of allylic oxidation sites excluding steroid dienone is 2. The Kier molecular flexibility index (Phi) is 4.94. The fraction of sp³-hybridized carbons (Fsp3) is 0.611. The maximum absolute atomic E-state index is 12.7. The van der Waals surface area contributed by atoms with Crippen LogP contribution in [0.4, 0.5) is 0 Å². The van der Waals surface area contributed by atoms with Crippen LogP contribution in [0.15, 0.2) is 21.7 Å². The van der Waals surface area contributed by atoms with Gasteiger partial charge in [-0.25, -0.2) is 9.78 Å². The summed E-state index contributed by atoms with van der Waals surface area (Å²) >= 11 is 0. The van der Waals surface area contributed by atoms with Crippen LogP contribution in [-0.4, -0.2) is 24.2 Å². The molecule has 2 N–H and O–H groups in total. The van der Waals surface area contributed by atoms with E-state index in [9.17, 15) is 14.7 Å². The summed E-state index contributed by atoms with van der Waals surface area (Å²) in [5, 5.41) is 11.0. The van der Waals surface area contributed by atoms with E-state index in [1.54, 1.807) is 4.57 Å². The second-order valence-corrected chi connectivity index (χ2v) is 6.76. The average Bonchev–Trinajstić information content (AvgIpc) is 2.93. The second-order valence-electron chi connectivity index (χ2n) is 6.76. The largest absolute Gasteiger partial charge is 0.382 e. The number of H-pyrrole nitrogens is 1. The van der Waals surface area contributed by atoms with Crippen molar-refractivity contribution >= 4 is 11.2 Å². The molecule has 0 saturated heterocycles. The molecule has 0 saturated carbocycles. The van der Waals surface area contributed by atoms with Crippen molar-refractivity contribution in [2.45, 2.75) is 71.1 Å². The number of aryl methyl sites for hydroxylation is 1. The molecule has 0 radical (unpaired) electrons. The van der Waals surface area contributed by atoms with Gasteiger partial charge in [-0.3, -0.25) is 13.9 Å². The highest BCUT2D eigenvalue weighted by molar-refractivity contribution is 5.70. The predicted molar refractivity (Wildman–Crippen MR) is 96.7 cm³/mol. The molecular formula is C18H26N4O3. The minimum atomic E-state index is -1.10. The zero-order valence-corrected chi connectivity index (χ0v) is 14.9. The lowest BCUT2D eigenvalue weighted by Gasteiger charge is -2.23. The summed E-state index contributed by atoms with van der Waals surface area (Å²) in [6.07, 6.45) is 8.18. The monoisotopic (exact) mass is 346 g/mol. The van der Waals surface area contributed by atoms with Gasteiger partial charge in [-0.05, 0) is 38.5 Å². The molecule has 0 amide bonds. The smallest absolute Gasteiger partial charge is 0.332 e. The van der Waals surface area contributed by atoms with Crippen molar-refractivity contribution in [1.82, 2.24) is 19.1 Å². The van der Waals surface area contributed by atoms with Crippen molar-refractivity contribution in [3.8, 4) is 0 Å². The lowest BCUT2D eigenvalue weighted by molar-refractivity contribution is 0.0143. The number of nitrogens with zero attached hydrogens (tertiary/aromatic N) is 3. The highest BCUT2D eigenvalue weighted by Crippen LogP contribution is 2.32. The number of fused-ring (bicyclic) bond motifs is 1. The minimum Gasteiger partial charge on any atom is -0.382 e. The van der Waals surface area contributed by atoms with Crippen molar-refractivity contribution in [1.29, 1.82) is 0 Å². The van der Waals surface area contributed by atoms with E-state index in [1.807, 2.05) is 13.8 Å². The van der Waals surface area contributed by atoms with Crippen LogP contribution in [0.3, 0.4) is 0 Å². The molecule has 2 aromatic rings. The molecule has 0 aromatic carbocycles. The topological polar surface area (TPSA) is 92.9 Å². The van der Waals surface area contributed by atoms with Crippen LogP contribution in [0.25, 0.3) is 11.2 Å². The second kappa shape index (κ2) is 7.00. The Bertz CT molecular complexity index is 893. The Morgan fingerprint density at radius 1 is 1.12 bits per heavy atom. The maximum Gasteiger partial charge on any atom is 0.332 e. The summed E-state index contributed by atoms with van der Waals surface area (Å²) in [7, 11) is 0. The van der Waals surface area contributed by atoms with Crippen molar-refractivity contribution in [2.24, 2.45) is 0 Å². The Morgan fingerprint density at radius 3 is 2.32 bits per heavy atom. The number of nitrogens with one attached hydrogen (secondary N) is 1. The van der Waals surface area contributed by atoms with Crippen LogP contribution in [0, 0.1) is 0 Å². The van der Waals surface area contributed by atoms with E-state index in [0.717, 1.165) is 19.3 Å². The van der Waals surface area contributed by atoms with Gasteiger partial charge in [0.1, 0.15) is 16.9 Å². The molecule has 0 fully saturated rings. The van der Waals surface area contributed by atoms with Crippen LogP contribution in [0.5, 0.6) is 0 Å². The third-order valence-electron chi connectivity index (χ3n) is 4.81. The molecule has 136 valence electrons. The number of aromatic amines is 1. The number of imidazole rings is 1. The van der Waals surface area contributed by atoms with Crippen LogP contribution in [0.1, 0.15) is 58.2 Å². The van der Waals surface area contributed by atoms with Gasteiger partial charge in [-0.15, -0.1) is 0 Å². The Hall–Kier alpha value is -2.15. The molecular weight excluding hydrogens is 320 g/mol. The van der Waals surface area contributed by atoms with Crippen LogP contribution in [0.2, 0.25) is 0 Å². The molecule has 0 unspecified atom stereocenters. The Labute approximate surface area is 146 Å². The Balaban J connectivity index is 2.22. The molecule has 7 nitrogen and oxygen atoms in total. The van der Waals surface area contributed by atoms with E-state index < -0.39 is 5.60 Å². The van der Waals surface area contributed by atoms with Gasteiger partial charge < -0.3 is 10.1 Å². The number of aromatic nitrogens is 4. The first-order valence-electron chi connectivity index (χ1n) is 9.13. The van der Waals surface area contributed by atoms with Gasteiger partial charge in [-0.1, -0.05) is 26.0 Å². The molecule has 1 aliphatic rings. The predicted octanol–water partition coefficient (Wildman–Crippen LogP) is 2.02. The van der Waals surface area contributed by atoms with E-state index in [-0.39, 0.29) is 11.2 Å². The van der Waals surface area contributed by atoms with E-state index in [4.69, 9.17) is 0 Å². The van der Waals surface area contributed by atoms with Crippen LogP contribution >= 0.6 is 0 Å². The zero-order valence-electron chi connectivity index (χ0n) is 14.9. The fourth-order valence-electron chi connectivity index (χ4n) is 3.47. The van der Waals surface area contributed by atoms with Crippen molar-refractivity contribution in [2.75, 3.05) is 0 Å². The molecule has 0 spiro atoms. The molecule has 0 bridgehead atoms. The van der Waals surface area contributed by atoms with Crippen LogP contribution < -0.4 is 11.2 Å². The molecule has 2 heterocycles. The third kappa shape index (κ3) is 3.08. The quantitative estimate of drug-likeness (QED) is 0.810. The molecule has 0 aliphatic heterocycles. The summed E-state index contributed by atoms with van der Waals surface area (Å²) in [6.45, 7) is 4.77. The minimum absolute atomic E-state index is 0.308. The maximum atomic E-state index is 12.7. The third-order valence-corrected chi connectivity index (χ3v) is 4.81. The van der Waals surface area contributed by atoms with Gasteiger partial charge in [0.2, 0.25) is 0 Å². The van der Waals surface area contributed by atoms with Crippen molar-refractivity contribution in [3.05, 3.63) is 38.8 Å². The summed E-state index contributed by atoms with van der Waals surface area (Å²) in [6, 6.07) is 0. The van der Waals surface area contributed by atoms with Crippen LogP contribution in [-0.2, 0) is 18.7 Å². The standard InChI is InChI=1S/C18H26N4O3/c1-3-11-21-14-13(15(23)22(12-4-2)17(21)24)19-16(20-14)18(25)9-7-5-6-8-10-18/h5-6,25H,3-4,7-12H2,1-2H3,(H,19,20). The summed E-state index contributed by atoms with van der Waals surface area (Å²) in [5.74, 6) is 0.391. The summed E-state index contributed by atoms with van der Waals surface area (Å²) in [4.78, 5) is 33.0.